The molecule has 0 unspecified atom stereocenters. The number of nitrogens with one attached hydrogen (secondary N) is 1. The second-order valence-corrected chi connectivity index (χ2v) is 5.78. The van der Waals surface area contributed by atoms with Gasteiger partial charge in [0.2, 0.25) is 0 Å². The fraction of sp³-hybridized carbons (Fsp3) is 0.231. The first-order valence-electron chi connectivity index (χ1n) is 6.39. The van der Waals surface area contributed by atoms with Crippen molar-refractivity contribution in [1.82, 2.24) is 4.98 Å². The number of amides is 1. The minimum absolute atomic E-state index is 0.0331. The van der Waals surface area contributed by atoms with E-state index < -0.39 is 10.8 Å². The topological polar surface area (TPSA) is 111 Å². The molecule has 21 heavy (non-hydrogen) atoms. The maximum Gasteiger partial charge on any atom is 0.304 e. The molecule has 3 N–H and O–H groups in total. The van der Waals surface area contributed by atoms with Crippen molar-refractivity contribution in [1.29, 1.82) is 0 Å². The molecule has 1 heterocycles. The Balaban J connectivity index is 1.88. The van der Waals surface area contributed by atoms with E-state index in [0.717, 1.165) is 25.0 Å². The summed E-state index contributed by atoms with van der Waals surface area (Å²) in [6, 6.07) is 4.29. The fourth-order valence-corrected chi connectivity index (χ4v) is 3.40. The third kappa shape index (κ3) is 2.45. The minimum atomic E-state index is -0.647. The number of nitrogens with two attached hydrogens (primary N) is 1. The van der Waals surface area contributed by atoms with Crippen LogP contribution in [0.15, 0.2) is 18.2 Å². The van der Waals surface area contributed by atoms with Gasteiger partial charge in [0.1, 0.15) is 11.3 Å². The Kier molecular flexibility index (Phi) is 3.30. The average Bonchev–Trinajstić information content (AvgIpc) is 2.98. The minimum Gasteiger partial charge on any atom is -0.393 e. The number of benzene rings is 1. The molecule has 0 aliphatic heterocycles. The van der Waals surface area contributed by atoms with Crippen molar-refractivity contribution in [2.45, 2.75) is 19.3 Å². The number of thiazole rings is 1. The van der Waals surface area contributed by atoms with Gasteiger partial charge in [-0.2, -0.15) is 0 Å². The quantitative estimate of drug-likeness (QED) is 0.513. The summed E-state index contributed by atoms with van der Waals surface area (Å²) < 4.78 is 0. The first-order valence-corrected chi connectivity index (χ1v) is 7.20. The summed E-state index contributed by atoms with van der Waals surface area (Å²) in [5, 5.41) is 14.1. The SMILES string of the molecule is Nc1cccc(C(=O)Nc2nc3c(s2)CCC3)c1[N+](=O)[O-]. The van der Waals surface area contributed by atoms with Gasteiger partial charge in [0.15, 0.2) is 5.13 Å². The van der Waals surface area contributed by atoms with E-state index in [1.165, 1.54) is 34.4 Å². The highest BCUT2D eigenvalue weighted by atomic mass is 32.1. The lowest BCUT2D eigenvalue weighted by atomic mass is 10.1. The Morgan fingerprint density at radius 1 is 1.43 bits per heavy atom. The number of aryl methyl sites for hydroxylation is 2. The zero-order valence-electron chi connectivity index (χ0n) is 11.0. The highest BCUT2D eigenvalue weighted by Crippen LogP contribution is 2.32. The molecule has 8 heteroatoms. The van der Waals surface area contributed by atoms with Gasteiger partial charge in [0, 0.05) is 4.88 Å². The highest BCUT2D eigenvalue weighted by molar-refractivity contribution is 7.16. The number of nitro benzene ring substituents is 1. The standard InChI is InChI=1S/C13H12N4O3S/c14-8-4-1-3-7(11(8)17(19)20)12(18)16-13-15-9-5-2-6-10(9)21-13/h1,3-4H,2,5-6,14H2,(H,15,16,18). The number of hydrogen-bond acceptors (Lipinski definition) is 6. The van der Waals surface area contributed by atoms with Crippen LogP contribution < -0.4 is 11.1 Å². The van der Waals surface area contributed by atoms with Gasteiger partial charge >= 0.3 is 5.69 Å². The number of carbonyl (C=O) groups excluding carboxylic acids is 1. The molecule has 1 amide bonds. The molecule has 7 nitrogen and oxygen atoms in total. The van der Waals surface area contributed by atoms with Gasteiger partial charge in [-0.05, 0) is 31.4 Å². The molecule has 1 aliphatic carbocycles. The summed E-state index contributed by atoms with van der Waals surface area (Å²) in [5.41, 5.74) is 6.12. The number of nitro groups is 1. The number of carbonyl (C=O) groups is 1. The third-order valence-electron chi connectivity index (χ3n) is 3.31. The molecule has 1 aromatic carbocycles. The van der Waals surface area contributed by atoms with E-state index in [-0.39, 0.29) is 16.9 Å². The number of anilines is 2. The Bertz CT molecular complexity index is 720. The van der Waals surface area contributed by atoms with E-state index in [0.29, 0.717) is 5.13 Å². The average molecular weight is 304 g/mol. The van der Waals surface area contributed by atoms with E-state index >= 15 is 0 Å². The van der Waals surface area contributed by atoms with Crippen molar-refractivity contribution in [3.05, 3.63) is 44.4 Å². The zero-order chi connectivity index (χ0) is 15.0. The van der Waals surface area contributed by atoms with E-state index in [2.05, 4.69) is 10.3 Å². The van der Waals surface area contributed by atoms with E-state index in [4.69, 9.17) is 5.73 Å². The molecule has 1 aliphatic rings. The molecule has 0 fully saturated rings. The summed E-state index contributed by atoms with van der Waals surface area (Å²) in [5.74, 6) is -0.568. The Morgan fingerprint density at radius 3 is 2.95 bits per heavy atom. The van der Waals surface area contributed by atoms with E-state index in [1.807, 2.05) is 0 Å². The predicted octanol–water partition coefficient (Wildman–Crippen LogP) is 2.37. The van der Waals surface area contributed by atoms with Gasteiger partial charge in [-0.15, -0.1) is 11.3 Å². The van der Waals surface area contributed by atoms with Crippen molar-refractivity contribution in [3.8, 4) is 0 Å². The Hall–Kier alpha value is -2.48. The first-order chi connectivity index (χ1) is 10.1. The van der Waals surface area contributed by atoms with Crippen LogP contribution in [-0.4, -0.2) is 15.8 Å². The van der Waals surface area contributed by atoms with Gasteiger partial charge in [0.05, 0.1) is 10.6 Å². The number of rotatable bonds is 3. The molecule has 0 bridgehead atoms. The van der Waals surface area contributed by atoms with E-state index in [9.17, 15) is 14.9 Å². The van der Waals surface area contributed by atoms with Crippen molar-refractivity contribution < 1.29 is 9.72 Å². The number of nitrogens with zero attached hydrogens (tertiary/aromatic N) is 2. The number of fused-ring (bicyclic) bond motifs is 1. The zero-order valence-corrected chi connectivity index (χ0v) is 11.8. The number of nitrogen functional groups attached to an aromatic ring is 1. The van der Waals surface area contributed by atoms with Crippen LogP contribution in [0.1, 0.15) is 27.3 Å². The van der Waals surface area contributed by atoms with Crippen LogP contribution in [0.25, 0.3) is 0 Å². The summed E-state index contributed by atoms with van der Waals surface area (Å²) in [6.45, 7) is 0. The molecule has 0 radical (unpaired) electrons. The normalized spacial score (nSPS) is 13.0. The molecule has 0 spiro atoms. The lowest BCUT2D eigenvalue weighted by Gasteiger charge is -2.04. The monoisotopic (exact) mass is 304 g/mol. The van der Waals surface area contributed by atoms with Crippen LogP contribution in [0.3, 0.4) is 0 Å². The van der Waals surface area contributed by atoms with E-state index in [1.54, 1.807) is 0 Å². The lowest BCUT2D eigenvalue weighted by molar-refractivity contribution is -0.384. The molecule has 0 atom stereocenters. The van der Waals surface area contributed by atoms with Crippen LogP contribution in [0.4, 0.5) is 16.5 Å². The van der Waals surface area contributed by atoms with Gasteiger partial charge < -0.3 is 5.73 Å². The molecule has 3 rings (SSSR count). The summed E-state index contributed by atoms with van der Waals surface area (Å²) in [4.78, 5) is 28.1. The molecule has 2 aromatic rings. The molecular weight excluding hydrogens is 292 g/mol. The maximum absolute atomic E-state index is 12.2. The second-order valence-electron chi connectivity index (χ2n) is 4.70. The second kappa shape index (κ2) is 5.13. The highest BCUT2D eigenvalue weighted by Gasteiger charge is 2.24. The maximum atomic E-state index is 12.2. The van der Waals surface area contributed by atoms with Gasteiger partial charge in [-0.3, -0.25) is 20.2 Å². The summed E-state index contributed by atoms with van der Waals surface area (Å²) in [7, 11) is 0. The van der Waals surface area contributed by atoms with Crippen molar-refractivity contribution in [2.24, 2.45) is 0 Å². The van der Waals surface area contributed by atoms with Crippen molar-refractivity contribution in [2.75, 3.05) is 11.1 Å². The van der Waals surface area contributed by atoms with Crippen LogP contribution >= 0.6 is 11.3 Å². The number of hydrogen-bond donors (Lipinski definition) is 2. The molecular formula is C13H12N4O3S. The predicted molar refractivity (Wildman–Crippen MR) is 79.6 cm³/mol. The van der Waals surface area contributed by atoms with Crippen molar-refractivity contribution >= 4 is 33.8 Å². The Morgan fingerprint density at radius 2 is 2.24 bits per heavy atom. The van der Waals surface area contributed by atoms with Crippen LogP contribution in [0, 0.1) is 10.1 Å². The van der Waals surface area contributed by atoms with Gasteiger partial charge in [-0.25, -0.2) is 4.98 Å². The van der Waals surface area contributed by atoms with Crippen LogP contribution in [0.5, 0.6) is 0 Å². The number of aromatic nitrogens is 1. The van der Waals surface area contributed by atoms with Gasteiger partial charge in [-0.1, -0.05) is 6.07 Å². The molecule has 1 aromatic heterocycles. The largest absolute Gasteiger partial charge is 0.393 e. The molecule has 0 saturated heterocycles. The third-order valence-corrected chi connectivity index (χ3v) is 4.38. The molecule has 0 saturated carbocycles. The van der Waals surface area contributed by atoms with Crippen molar-refractivity contribution in [3.63, 3.8) is 0 Å². The smallest absolute Gasteiger partial charge is 0.304 e. The fourth-order valence-electron chi connectivity index (χ4n) is 2.36. The van der Waals surface area contributed by atoms with Gasteiger partial charge in [0.25, 0.3) is 5.91 Å². The number of para-hydroxylation sites is 1. The Labute approximate surface area is 124 Å². The lowest BCUT2D eigenvalue weighted by Crippen LogP contribution is -2.14. The molecule has 108 valence electrons. The van der Waals surface area contributed by atoms with Crippen LogP contribution in [0.2, 0.25) is 0 Å². The summed E-state index contributed by atoms with van der Waals surface area (Å²) >= 11 is 1.42. The van der Waals surface area contributed by atoms with Crippen LogP contribution in [-0.2, 0) is 12.8 Å². The summed E-state index contributed by atoms with van der Waals surface area (Å²) in [6.07, 6.45) is 2.98. The first kappa shape index (κ1) is 13.5.